The maximum absolute atomic E-state index is 13.0. The van der Waals surface area contributed by atoms with Crippen molar-refractivity contribution in [2.24, 2.45) is 0 Å². The van der Waals surface area contributed by atoms with Gasteiger partial charge in [-0.1, -0.05) is 13.8 Å². The molecule has 0 amide bonds. The van der Waals surface area contributed by atoms with Crippen molar-refractivity contribution >= 4 is 26.0 Å². The van der Waals surface area contributed by atoms with Crippen molar-refractivity contribution in [3.05, 3.63) is 28.5 Å². The maximum atomic E-state index is 13.0. The predicted molar refractivity (Wildman–Crippen MR) is 73.4 cm³/mol. The van der Waals surface area contributed by atoms with Gasteiger partial charge in [0.15, 0.2) is 0 Å². The molecule has 6 heteroatoms. The summed E-state index contributed by atoms with van der Waals surface area (Å²) in [6, 6.07) is 3.53. The van der Waals surface area contributed by atoms with E-state index in [2.05, 4.69) is 20.7 Å². The second-order valence-electron chi connectivity index (χ2n) is 4.45. The van der Waals surface area contributed by atoms with E-state index >= 15 is 0 Å². The molecule has 18 heavy (non-hydrogen) atoms. The lowest BCUT2D eigenvalue weighted by molar-refractivity contribution is 0.388. The van der Waals surface area contributed by atoms with Crippen molar-refractivity contribution in [1.82, 2.24) is 4.72 Å². The third-order valence-corrected chi connectivity index (χ3v) is 5.74. The number of hydrogen-bond acceptors (Lipinski definition) is 2. The Hall–Kier alpha value is -0.460. The minimum absolute atomic E-state index is 0.0528. The van der Waals surface area contributed by atoms with Crippen molar-refractivity contribution in [1.29, 1.82) is 0 Å². The summed E-state index contributed by atoms with van der Waals surface area (Å²) >= 11 is 3.08. The van der Waals surface area contributed by atoms with Gasteiger partial charge in [-0.05, 0) is 53.9 Å². The summed E-state index contributed by atoms with van der Waals surface area (Å²) in [4.78, 5) is 0.0528. The van der Waals surface area contributed by atoms with Gasteiger partial charge < -0.3 is 0 Å². The molecule has 1 aromatic rings. The first-order chi connectivity index (χ1) is 8.24. The van der Waals surface area contributed by atoms with Crippen LogP contribution in [0.15, 0.2) is 27.6 Å². The lowest BCUT2D eigenvalue weighted by Gasteiger charge is -2.28. The summed E-state index contributed by atoms with van der Waals surface area (Å²) in [6.45, 7) is 5.69. The molecule has 0 atom stereocenters. The van der Waals surface area contributed by atoms with E-state index in [0.29, 0.717) is 12.8 Å². The smallest absolute Gasteiger partial charge is 0.207 e. The standard InChI is InChI=1S/C12H17BrFNO2S/c1-4-12(3,5-2)15-18(16,17)11-7-6-9(14)8-10(11)13/h6-8,15H,4-5H2,1-3H3. The number of nitrogens with one attached hydrogen (secondary N) is 1. The highest BCUT2D eigenvalue weighted by Crippen LogP contribution is 2.25. The van der Waals surface area contributed by atoms with Crippen molar-refractivity contribution in [2.75, 3.05) is 0 Å². The van der Waals surface area contributed by atoms with Crippen LogP contribution >= 0.6 is 15.9 Å². The van der Waals surface area contributed by atoms with Gasteiger partial charge in [-0.3, -0.25) is 0 Å². The van der Waals surface area contributed by atoms with Gasteiger partial charge in [0.2, 0.25) is 10.0 Å². The zero-order chi connectivity index (χ0) is 14.0. The van der Waals surface area contributed by atoms with Crippen LogP contribution in [0.5, 0.6) is 0 Å². The number of rotatable bonds is 5. The molecule has 0 aromatic heterocycles. The summed E-state index contributed by atoms with van der Waals surface area (Å²) in [5.74, 6) is -0.477. The number of halogens is 2. The average molecular weight is 338 g/mol. The third-order valence-electron chi connectivity index (χ3n) is 3.12. The first-order valence-corrected chi connectivity index (χ1v) is 8.01. The molecule has 0 saturated heterocycles. The van der Waals surface area contributed by atoms with Crippen LogP contribution in [0.3, 0.4) is 0 Å². The fraction of sp³-hybridized carbons (Fsp3) is 0.500. The predicted octanol–water partition coefficient (Wildman–Crippen LogP) is 3.45. The topological polar surface area (TPSA) is 46.2 Å². The molecule has 0 aliphatic heterocycles. The minimum Gasteiger partial charge on any atom is -0.207 e. The van der Waals surface area contributed by atoms with Crippen LogP contribution in [-0.4, -0.2) is 14.0 Å². The lowest BCUT2D eigenvalue weighted by Crippen LogP contribution is -2.44. The first kappa shape index (κ1) is 15.6. The summed E-state index contributed by atoms with van der Waals surface area (Å²) in [5.41, 5.74) is -0.493. The second kappa shape index (κ2) is 5.67. The lowest BCUT2D eigenvalue weighted by atomic mass is 9.98. The molecule has 0 spiro atoms. The van der Waals surface area contributed by atoms with Crippen molar-refractivity contribution < 1.29 is 12.8 Å². The zero-order valence-corrected chi connectivity index (χ0v) is 13.0. The molecule has 0 unspecified atom stereocenters. The van der Waals surface area contributed by atoms with E-state index in [-0.39, 0.29) is 9.37 Å². The van der Waals surface area contributed by atoms with Gasteiger partial charge in [-0.15, -0.1) is 0 Å². The van der Waals surface area contributed by atoms with E-state index < -0.39 is 21.4 Å². The Labute approximate surface area is 116 Å². The molecule has 0 aliphatic carbocycles. The first-order valence-electron chi connectivity index (χ1n) is 5.73. The van der Waals surface area contributed by atoms with Crippen LogP contribution in [0.25, 0.3) is 0 Å². The fourth-order valence-electron chi connectivity index (χ4n) is 1.47. The summed E-state index contributed by atoms with van der Waals surface area (Å²) in [5, 5.41) is 0. The number of sulfonamides is 1. The molecule has 0 fully saturated rings. The SMILES string of the molecule is CCC(C)(CC)NS(=O)(=O)c1ccc(F)cc1Br. The number of benzene rings is 1. The Kier molecular flexibility index (Phi) is 4.91. The van der Waals surface area contributed by atoms with Crippen molar-refractivity contribution in [3.8, 4) is 0 Å². The summed E-state index contributed by atoms with van der Waals surface area (Å²) < 4.78 is 40.3. The highest BCUT2D eigenvalue weighted by molar-refractivity contribution is 9.10. The van der Waals surface area contributed by atoms with Gasteiger partial charge in [0.1, 0.15) is 5.82 Å². The largest absolute Gasteiger partial charge is 0.242 e. The second-order valence-corrected chi connectivity index (χ2v) is 6.95. The average Bonchev–Trinajstić information content (AvgIpc) is 2.27. The van der Waals surface area contributed by atoms with E-state index in [9.17, 15) is 12.8 Å². The van der Waals surface area contributed by atoms with Gasteiger partial charge in [0.25, 0.3) is 0 Å². The molecular formula is C12H17BrFNO2S. The molecule has 0 saturated carbocycles. The van der Waals surface area contributed by atoms with E-state index in [0.717, 1.165) is 12.1 Å². The Morgan fingerprint density at radius 3 is 2.33 bits per heavy atom. The third kappa shape index (κ3) is 3.52. The highest BCUT2D eigenvalue weighted by atomic mass is 79.9. The molecule has 1 N–H and O–H groups in total. The Bertz CT molecular complexity index is 527. The number of hydrogen-bond donors (Lipinski definition) is 1. The summed E-state index contributed by atoms with van der Waals surface area (Å²) in [7, 11) is -3.65. The maximum Gasteiger partial charge on any atom is 0.242 e. The quantitative estimate of drug-likeness (QED) is 0.894. The Morgan fingerprint density at radius 2 is 1.89 bits per heavy atom. The molecule has 3 nitrogen and oxygen atoms in total. The van der Waals surface area contributed by atoms with Crippen LogP contribution in [0.4, 0.5) is 4.39 Å². The Balaban J connectivity index is 3.15. The van der Waals surface area contributed by atoms with Crippen LogP contribution in [0.1, 0.15) is 33.6 Å². The van der Waals surface area contributed by atoms with Gasteiger partial charge in [0, 0.05) is 10.0 Å². The molecule has 0 bridgehead atoms. The van der Waals surface area contributed by atoms with Crippen LogP contribution < -0.4 is 4.72 Å². The minimum atomic E-state index is -3.65. The normalized spacial score (nSPS) is 12.7. The van der Waals surface area contributed by atoms with E-state index in [1.165, 1.54) is 6.07 Å². The van der Waals surface area contributed by atoms with Gasteiger partial charge in [-0.25, -0.2) is 17.5 Å². The van der Waals surface area contributed by atoms with Crippen molar-refractivity contribution in [2.45, 2.75) is 44.0 Å². The van der Waals surface area contributed by atoms with Crippen LogP contribution in [-0.2, 0) is 10.0 Å². The zero-order valence-electron chi connectivity index (χ0n) is 10.6. The summed E-state index contributed by atoms with van der Waals surface area (Å²) in [6.07, 6.45) is 1.36. The molecule has 1 aromatic carbocycles. The van der Waals surface area contributed by atoms with E-state index in [1.807, 2.05) is 20.8 Å². The van der Waals surface area contributed by atoms with E-state index in [4.69, 9.17) is 0 Å². The van der Waals surface area contributed by atoms with Crippen LogP contribution in [0, 0.1) is 5.82 Å². The molecule has 0 heterocycles. The highest BCUT2D eigenvalue weighted by Gasteiger charge is 2.28. The molecule has 0 radical (unpaired) electrons. The van der Waals surface area contributed by atoms with Gasteiger partial charge in [0.05, 0.1) is 4.90 Å². The van der Waals surface area contributed by atoms with Crippen molar-refractivity contribution in [3.63, 3.8) is 0 Å². The fourth-order valence-corrected chi connectivity index (χ4v) is 4.07. The molecule has 1 rings (SSSR count). The van der Waals surface area contributed by atoms with E-state index in [1.54, 1.807) is 0 Å². The van der Waals surface area contributed by atoms with Gasteiger partial charge >= 0.3 is 0 Å². The van der Waals surface area contributed by atoms with Gasteiger partial charge in [-0.2, -0.15) is 0 Å². The molecular weight excluding hydrogens is 321 g/mol. The molecule has 0 aliphatic rings. The monoisotopic (exact) mass is 337 g/mol. The Morgan fingerprint density at radius 1 is 1.33 bits per heavy atom. The molecule has 102 valence electrons. The van der Waals surface area contributed by atoms with Crippen LogP contribution in [0.2, 0.25) is 0 Å².